The zero-order chi connectivity index (χ0) is 8.41. The van der Waals surface area contributed by atoms with Crippen LogP contribution in [0.2, 0.25) is 0 Å². The molecule has 0 saturated heterocycles. The van der Waals surface area contributed by atoms with E-state index in [0.29, 0.717) is 0 Å². The molecule has 0 aromatic carbocycles. The molecule has 0 radical (unpaired) electrons. The highest BCUT2D eigenvalue weighted by Crippen LogP contribution is 1.67. The van der Waals surface area contributed by atoms with Gasteiger partial charge in [-0.2, -0.15) is 5.26 Å². The molecule has 0 aliphatic rings. The van der Waals surface area contributed by atoms with Crippen LogP contribution in [0.4, 0.5) is 0 Å². The molecule has 0 saturated carbocycles. The maximum Gasteiger partial charge on any atom is 0.365 e. The zero-order valence-corrected chi connectivity index (χ0v) is 5.62. The first-order valence-corrected chi connectivity index (χ1v) is 2.44. The van der Waals surface area contributed by atoms with Gasteiger partial charge in [0.2, 0.25) is 0 Å². The molecule has 56 valence electrons. The predicted molar refractivity (Wildman–Crippen MR) is 39.3 cm³/mol. The van der Waals surface area contributed by atoms with Crippen LogP contribution in [0, 0.1) is 0 Å². The zero-order valence-electron chi connectivity index (χ0n) is 5.62. The maximum absolute atomic E-state index is 9.59. The quantitative estimate of drug-likeness (QED) is 0.275. The minimum absolute atomic E-state index is 0.838. The molecule has 3 heteroatoms. The van der Waals surface area contributed by atoms with Crippen molar-refractivity contribution in [3.05, 3.63) is 38.0 Å². The molecule has 0 spiro atoms. The van der Waals surface area contributed by atoms with Gasteiger partial charge in [-0.25, -0.2) is 4.79 Å². The first-order chi connectivity index (χ1) is 4.72. The number of allylic oxidation sites excluding steroid dienone is 2. The molecular formula is C7H10O3. The van der Waals surface area contributed by atoms with Crippen LogP contribution in [-0.4, -0.2) is 11.2 Å². The van der Waals surface area contributed by atoms with Gasteiger partial charge in [-0.05, 0) is 0 Å². The summed E-state index contributed by atoms with van der Waals surface area (Å²) >= 11 is 0. The number of hydrogen-bond acceptors (Lipinski definition) is 3. The van der Waals surface area contributed by atoms with Gasteiger partial charge in [-0.1, -0.05) is 31.9 Å². The highest BCUT2D eigenvalue weighted by molar-refractivity contribution is 5.80. The summed E-state index contributed by atoms with van der Waals surface area (Å²) in [5, 5.41) is 7.41. The van der Waals surface area contributed by atoms with E-state index in [-0.39, 0.29) is 0 Å². The van der Waals surface area contributed by atoms with Crippen molar-refractivity contribution in [1.82, 2.24) is 0 Å². The Labute approximate surface area is 59.9 Å². The molecule has 0 heterocycles. The van der Waals surface area contributed by atoms with Gasteiger partial charge in [0.25, 0.3) is 0 Å². The van der Waals surface area contributed by atoms with E-state index < -0.39 is 5.97 Å². The summed E-state index contributed by atoms with van der Waals surface area (Å²) < 4.78 is 0. The first-order valence-electron chi connectivity index (χ1n) is 2.44. The summed E-state index contributed by atoms with van der Waals surface area (Å²) in [5.74, 6) is -0.838. The van der Waals surface area contributed by atoms with Gasteiger partial charge in [0.15, 0.2) is 0 Å². The van der Waals surface area contributed by atoms with E-state index in [9.17, 15) is 4.79 Å². The Morgan fingerprint density at radius 3 is 1.70 bits per heavy atom. The number of carbonyl (C=O) groups excluding carboxylic acids is 1. The number of carbonyl (C=O) groups is 1. The summed E-state index contributed by atoms with van der Waals surface area (Å²) in [6.07, 6.45) is 4.14. The molecule has 1 N–H and O–H groups in total. The topological polar surface area (TPSA) is 46.5 Å². The summed E-state index contributed by atoms with van der Waals surface area (Å²) in [7, 11) is 0. The van der Waals surface area contributed by atoms with Crippen LogP contribution in [0.15, 0.2) is 38.0 Å². The van der Waals surface area contributed by atoms with Gasteiger partial charge in [0.05, 0.1) is 0 Å². The van der Waals surface area contributed by atoms with E-state index in [1.54, 1.807) is 12.2 Å². The Bertz CT molecular complexity index is 121. The second-order valence-electron chi connectivity index (χ2n) is 1.09. The minimum Gasteiger partial charge on any atom is -0.296 e. The Kier molecular flexibility index (Phi) is 12.1. The molecular weight excluding hydrogens is 132 g/mol. The van der Waals surface area contributed by atoms with Crippen molar-refractivity contribution in [3.8, 4) is 0 Å². The standard InChI is InChI=1S/C4H6.C3H4O3/c1-3-4-2;1-2-3(4)6-5/h3-4H,1-2H2;2,5H,1H2. The van der Waals surface area contributed by atoms with E-state index in [1.807, 2.05) is 0 Å². The average Bonchev–Trinajstić information content (AvgIpc) is 2.03. The van der Waals surface area contributed by atoms with E-state index in [4.69, 9.17) is 5.26 Å². The van der Waals surface area contributed by atoms with E-state index in [0.717, 1.165) is 6.08 Å². The molecule has 0 aromatic heterocycles. The fourth-order valence-corrected chi connectivity index (χ4v) is 0.0373. The lowest BCUT2D eigenvalue weighted by molar-refractivity contribution is -0.228. The molecule has 0 fully saturated rings. The van der Waals surface area contributed by atoms with Crippen molar-refractivity contribution in [3.63, 3.8) is 0 Å². The SMILES string of the molecule is C=CC(=O)OO.C=CC=C. The van der Waals surface area contributed by atoms with Crippen LogP contribution in [0.3, 0.4) is 0 Å². The number of hydrogen-bond donors (Lipinski definition) is 1. The molecule has 0 amide bonds. The van der Waals surface area contributed by atoms with Crippen LogP contribution < -0.4 is 0 Å². The lowest BCUT2D eigenvalue weighted by atomic mass is 10.6. The van der Waals surface area contributed by atoms with E-state index in [1.165, 1.54) is 0 Å². The van der Waals surface area contributed by atoms with Crippen molar-refractivity contribution in [2.75, 3.05) is 0 Å². The van der Waals surface area contributed by atoms with Gasteiger partial charge >= 0.3 is 5.97 Å². The Morgan fingerprint density at radius 2 is 1.70 bits per heavy atom. The highest BCUT2D eigenvalue weighted by atomic mass is 17.1. The molecule has 0 atom stereocenters. The van der Waals surface area contributed by atoms with Crippen LogP contribution >= 0.6 is 0 Å². The van der Waals surface area contributed by atoms with Gasteiger partial charge < -0.3 is 0 Å². The predicted octanol–water partition coefficient (Wildman–Crippen LogP) is 1.55. The second-order valence-corrected chi connectivity index (χ2v) is 1.09. The van der Waals surface area contributed by atoms with Gasteiger partial charge in [-0.3, -0.25) is 4.89 Å². The number of rotatable bonds is 2. The molecule has 0 bridgehead atoms. The normalized spacial score (nSPS) is 6.10. The van der Waals surface area contributed by atoms with E-state index >= 15 is 0 Å². The van der Waals surface area contributed by atoms with Gasteiger partial charge in [0.1, 0.15) is 0 Å². The molecule has 0 aliphatic heterocycles. The summed E-state index contributed by atoms with van der Waals surface area (Å²) in [6, 6.07) is 0. The van der Waals surface area contributed by atoms with Crippen LogP contribution in [0.25, 0.3) is 0 Å². The van der Waals surface area contributed by atoms with Crippen molar-refractivity contribution in [2.24, 2.45) is 0 Å². The van der Waals surface area contributed by atoms with Gasteiger partial charge in [0, 0.05) is 6.08 Å². The Balaban J connectivity index is 0. The van der Waals surface area contributed by atoms with Gasteiger partial charge in [-0.15, -0.1) is 0 Å². The molecule has 0 aliphatic carbocycles. The third-order valence-corrected chi connectivity index (χ3v) is 0.423. The summed E-state index contributed by atoms with van der Waals surface area (Å²) in [6.45, 7) is 9.72. The van der Waals surface area contributed by atoms with Crippen LogP contribution in [0.5, 0.6) is 0 Å². The fourth-order valence-electron chi connectivity index (χ4n) is 0.0373. The first kappa shape index (κ1) is 11.4. The van der Waals surface area contributed by atoms with Crippen LogP contribution in [-0.2, 0) is 9.68 Å². The Morgan fingerprint density at radius 1 is 1.30 bits per heavy atom. The molecule has 0 unspecified atom stereocenters. The minimum atomic E-state index is -0.838. The van der Waals surface area contributed by atoms with E-state index in [2.05, 4.69) is 24.6 Å². The van der Waals surface area contributed by atoms with Crippen molar-refractivity contribution >= 4 is 5.97 Å². The fraction of sp³-hybridized carbons (Fsp3) is 0. The maximum atomic E-state index is 9.59. The van der Waals surface area contributed by atoms with Crippen molar-refractivity contribution in [1.29, 1.82) is 0 Å². The lowest BCUT2D eigenvalue weighted by Crippen LogP contribution is -1.92. The second kappa shape index (κ2) is 10.6. The Hall–Kier alpha value is -1.35. The van der Waals surface area contributed by atoms with Crippen molar-refractivity contribution < 1.29 is 14.9 Å². The molecule has 10 heavy (non-hydrogen) atoms. The van der Waals surface area contributed by atoms with Crippen LogP contribution in [0.1, 0.15) is 0 Å². The lowest BCUT2D eigenvalue weighted by Gasteiger charge is -1.78. The monoisotopic (exact) mass is 142 g/mol. The molecule has 3 nitrogen and oxygen atoms in total. The average molecular weight is 142 g/mol. The highest BCUT2D eigenvalue weighted by Gasteiger charge is 1.85. The summed E-state index contributed by atoms with van der Waals surface area (Å²) in [4.78, 5) is 12.7. The summed E-state index contributed by atoms with van der Waals surface area (Å²) in [5.41, 5.74) is 0. The largest absolute Gasteiger partial charge is 0.365 e. The molecule has 0 rings (SSSR count). The third-order valence-electron chi connectivity index (χ3n) is 0.423. The molecule has 0 aromatic rings. The third kappa shape index (κ3) is 15.9. The van der Waals surface area contributed by atoms with Crippen molar-refractivity contribution in [2.45, 2.75) is 0 Å². The smallest absolute Gasteiger partial charge is 0.296 e.